The highest BCUT2D eigenvalue weighted by atomic mass is 19.3. The summed E-state index contributed by atoms with van der Waals surface area (Å²) in [5.74, 6) is -0.495. The molecule has 124 valence electrons. The van der Waals surface area contributed by atoms with Crippen LogP contribution in [0.1, 0.15) is 48.8 Å². The van der Waals surface area contributed by atoms with E-state index in [9.17, 15) is 13.6 Å². The summed E-state index contributed by atoms with van der Waals surface area (Å²) in [6.07, 6.45) is -1.46. The van der Waals surface area contributed by atoms with Crippen LogP contribution in [0.15, 0.2) is 30.5 Å². The van der Waals surface area contributed by atoms with Crippen LogP contribution < -0.4 is 4.90 Å². The van der Waals surface area contributed by atoms with E-state index in [1.165, 1.54) is 22.8 Å². The summed E-state index contributed by atoms with van der Waals surface area (Å²) in [6.45, 7) is 6.12. The van der Waals surface area contributed by atoms with E-state index in [2.05, 4.69) is 5.10 Å². The minimum atomic E-state index is -2.79. The van der Waals surface area contributed by atoms with Gasteiger partial charge < -0.3 is 4.90 Å². The fourth-order valence-corrected chi connectivity index (χ4v) is 2.52. The van der Waals surface area contributed by atoms with Crippen molar-refractivity contribution in [1.82, 2.24) is 9.78 Å². The molecule has 1 aromatic carbocycles. The van der Waals surface area contributed by atoms with Crippen molar-refractivity contribution in [2.75, 3.05) is 11.9 Å². The summed E-state index contributed by atoms with van der Waals surface area (Å²) in [5, 5.41) is 3.70. The number of rotatable bonds is 3. The van der Waals surface area contributed by atoms with Crippen LogP contribution in [-0.4, -0.2) is 22.7 Å². The standard InChI is InChI=1S/C17H21F2N3O/c1-17(2,3)12-8-6-7-9-13(12)22(5)16(23)11-10-21(4)20-14(11)15(18)19/h6-10,15H,1-5H3. The molecule has 0 spiro atoms. The van der Waals surface area contributed by atoms with Gasteiger partial charge in [0, 0.05) is 26.0 Å². The van der Waals surface area contributed by atoms with Crippen LogP contribution in [0, 0.1) is 0 Å². The summed E-state index contributed by atoms with van der Waals surface area (Å²) in [7, 11) is 3.11. The Morgan fingerprint density at radius 3 is 2.43 bits per heavy atom. The van der Waals surface area contributed by atoms with Gasteiger partial charge in [-0.25, -0.2) is 8.78 Å². The number of halogens is 2. The molecule has 2 rings (SSSR count). The Bertz CT molecular complexity index is 717. The lowest BCUT2D eigenvalue weighted by Gasteiger charge is -2.27. The molecule has 0 atom stereocenters. The van der Waals surface area contributed by atoms with Crippen molar-refractivity contribution in [2.45, 2.75) is 32.6 Å². The fourth-order valence-electron chi connectivity index (χ4n) is 2.52. The van der Waals surface area contributed by atoms with E-state index in [0.717, 1.165) is 5.56 Å². The van der Waals surface area contributed by atoms with Crippen LogP contribution in [0.4, 0.5) is 14.5 Å². The zero-order valence-electron chi connectivity index (χ0n) is 14.0. The van der Waals surface area contributed by atoms with Crippen molar-refractivity contribution >= 4 is 11.6 Å². The number of benzene rings is 1. The maximum atomic E-state index is 13.1. The van der Waals surface area contributed by atoms with Gasteiger partial charge >= 0.3 is 0 Å². The first-order valence-corrected chi connectivity index (χ1v) is 7.32. The molecule has 1 aromatic heterocycles. The minimum Gasteiger partial charge on any atom is -0.311 e. The molecule has 2 aromatic rings. The van der Waals surface area contributed by atoms with Crippen LogP contribution in [-0.2, 0) is 12.5 Å². The van der Waals surface area contributed by atoms with Gasteiger partial charge in [0.15, 0.2) is 0 Å². The van der Waals surface area contributed by atoms with Gasteiger partial charge in [-0.05, 0) is 17.0 Å². The zero-order valence-corrected chi connectivity index (χ0v) is 14.0. The first-order valence-electron chi connectivity index (χ1n) is 7.32. The summed E-state index contributed by atoms with van der Waals surface area (Å²) >= 11 is 0. The molecular formula is C17H21F2N3O. The number of nitrogens with zero attached hydrogens (tertiary/aromatic N) is 3. The van der Waals surface area contributed by atoms with Crippen molar-refractivity contribution in [3.63, 3.8) is 0 Å². The molecule has 0 saturated carbocycles. The fraction of sp³-hybridized carbons (Fsp3) is 0.412. The second-order valence-corrected chi connectivity index (χ2v) is 6.53. The molecule has 0 aliphatic rings. The molecule has 0 radical (unpaired) electrons. The Labute approximate surface area is 134 Å². The number of aryl methyl sites for hydroxylation is 1. The predicted molar refractivity (Wildman–Crippen MR) is 86.0 cm³/mol. The Kier molecular flexibility index (Phi) is 4.54. The molecule has 1 heterocycles. The van der Waals surface area contributed by atoms with Gasteiger partial charge in [-0.1, -0.05) is 39.0 Å². The molecule has 0 N–H and O–H groups in total. The Morgan fingerprint density at radius 2 is 1.87 bits per heavy atom. The molecule has 0 fully saturated rings. The van der Waals surface area contributed by atoms with E-state index in [1.807, 2.05) is 45.0 Å². The molecule has 0 aliphatic heterocycles. The van der Waals surface area contributed by atoms with Gasteiger partial charge in [0.1, 0.15) is 5.69 Å². The first kappa shape index (κ1) is 17.1. The minimum absolute atomic E-state index is 0.0753. The molecule has 0 bridgehead atoms. The second kappa shape index (κ2) is 6.10. The lowest BCUT2D eigenvalue weighted by molar-refractivity contribution is 0.0977. The average molecular weight is 321 g/mol. The Hall–Kier alpha value is -2.24. The normalized spacial score (nSPS) is 11.8. The third-order valence-corrected chi connectivity index (χ3v) is 3.67. The van der Waals surface area contributed by atoms with Crippen molar-refractivity contribution in [3.8, 4) is 0 Å². The number of hydrogen-bond donors (Lipinski definition) is 0. The number of aromatic nitrogens is 2. The highest BCUT2D eigenvalue weighted by molar-refractivity contribution is 6.06. The van der Waals surface area contributed by atoms with E-state index in [4.69, 9.17) is 0 Å². The lowest BCUT2D eigenvalue weighted by Crippen LogP contribution is -2.29. The van der Waals surface area contributed by atoms with Crippen LogP contribution in [0.3, 0.4) is 0 Å². The van der Waals surface area contributed by atoms with Gasteiger partial charge in [0.25, 0.3) is 12.3 Å². The van der Waals surface area contributed by atoms with Gasteiger partial charge in [-0.3, -0.25) is 9.48 Å². The van der Waals surface area contributed by atoms with Crippen LogP contribution in [0.5, 0.6) is 0 Å². The summed E-state index contributed by atoms with van der Waals surface area (Å²) in [4.78, 5) is 14.1. The highest BCUT2D eigenvalue weighted by Gasteiger charge is 2.28. The smallest absolute Gasteiger partial charge is 0.282 e. The first-order chi connectivity index (χ1) is 10.6. The molecule has 0 aliphatic carbocycles. The van der Waals surface area contributed by atoms with Crippen molar-refractivity contribution < 1.29 is 13.6 Å². The van der Waals surface area contributed by atoms with Crippen LogP contribution in [0.2, 0.25) is 0 Å². The van der Waals surface area contributed by atoms with E-state index in [1.54, 1.807) is 7.05 Å². The number of carbonyl (C=O) groups is 1. The molecule has 0 saturated heterocycles. The number of amides is 1. The third kappa shape index (κ3) is 3.41. The SMILES string of the molecule is CN(C(=O)c1cn(C)nc1C(F)F)c1ccccc1C(C)(C)C. The highest BCUT2D eigenvalue weighted by Crippen LogP contribution is 2.32. The van der Waals surface area contributed by atoms with E-state index in [0.29, 0.717) is 5.69 Å². The molecule has 4 nitrogen and oxygen atoms in total. The van der Waals surface area contributed by atoms with Crippen molar-refractivity contribution in [1.29, 1.82) is 0 Å². The molecule has 1 amide bonds. The van der Waals surface area contributed by atoms with E-state index >= 15 is 0 Å². The molecular weight excluding hydrogens is 300 g/mol. The zero-order chi connectivity index (χ0) is 17.4. The Morgan fingerprint density at radius 1 is 1.26 bits per heavy atom. The van der Waals surface area contributed by atoms with Crippen molar-refractivity contribution in [3.05, 3.63) is 47.3 Å². The number of alkyl halides is 2. The molecule has 0 unspecified atom stereocenters. The number of anilines is 1. The monoisotopic (exact) mass is 321 g/mol. The molecule has 6 heteroatoms. The van der Waals surface area contributed by atoms with Crippen molar-refractivity contribution in [2.24, 2.45) is 7.05 Å². The number of hydrogen-bond acceptors (Lipinski definition) is 2. The third-order valence-electron chi connectivity index (χ3n) is 3.67. The quantitative estimate of drug-likeness (QED) is 0.859. The summed E-state index contributed by atoms with van der Waals surface area (Å²) in [5.41, 5.74) is 0.935. The number of para-hydroxylation sites is 1. The largest absolute Gasteiger partial charge is 0.311 e. The van der Waals surface area contributed by atoms with Gasteiger partial charge in [0.2, 0.25) is 0 Å². The van der Waals surface area contributed by atoms with E-state index in [-0.39, 0.29) is 11.0 Å². The predicted octanol–water partition coefficient (Wildman–Crippen LogP) is 3.93. The van der Waals surface area contributed by atoms with E-state index < -0.39 is 18.0 Å². The van der Waals surface area contributed by atoms with Gasteiger partial charge in [-0.15, -0.1) is 0 Å². The topological polar surface area (TPSA) is 38.1 Å². The van der Waals surface area contributed by atoms with Crippen LogP contribution >= 0.6 is 0 Å². The maximum Gasteiger partial charge on any atom is 0.282 e. The second-order valence-electron chi connectivity index (χ2n) is 6.53. The summed E-state index contributed by atoms with van der Waals surface area (Å²) in [6, 6.07) is 7.48. The average Bonchev–Trinajstić information content (AvgIpc) is 2.87. The lowest BCUT2D eigenvalue weighted by atomic mass is 9.85. The number of carbonyl (C=O) groups excluding carboxylic acids is 1. The maximum absolute atomic E-state index is 13.1. The van der Waals surface area contributed by atoms with Gasteiger partial charge in [0.05, 0.1) is 5.56 Å². The molecule has 23 heavy (non-hydrogen) atoms. The Balaban J connectivity index is 2.46. The van der Waals surface area contributed by atoms with Crippen LogP contribution in [0.25, 0.3) is 0 Å². The van der Waals surface area contributed by atoms with Gasteiger partial charge in [-0.2, -0.15) is 5.10 Å². The summed E-state index contributed by atoms with van der Waals surface area (Å²) < 4.78 is 27.4.